The molecule has 0 aliphatic carbocycles. The number of benzene rings is 1. The molecule has 3 aromatic heterocycles. The third-order valence-electron chi connectivity index (χ3n) is 5.72. The summed E-state index contributed by atoms with van der Waals surface area (Å²) in [7, 11) is 2.94. The Morgan fingerprint density at radius 2 is 1.87 bits per heavy atom. The fourth-order valence-corrected chi connectivity index (χ4v) is 4.09. The number of carbonyl (C=O) groups excluding carboxylic acids is 1. The topological polar surface area (TPSA) is 109 Å². The molecule has 0 fully saturated rings. The fourth-order valence-electron chi connectivity index (χ4n) is 4.09. The van der Waals surface area contributed by atoms with Crippen LogP contribution in [0.4, 0.5) is 5.69 Å². The van der Waals surface area contributed by atoms with Gasteiger partial charge in [-0.05, 0) is 24.1 Å². The maximum atomic E-state index is 12.6. The molecule has 4 heterocycles. The molecule has 0 atom stereocenters. The fraction of sp³-hybridized carbons (Fsp3) is 0.286. The summed E-state index contributed by atoms with van der Waals surface area (Å²) in [5.41, 5.74) is 2.29. The second kappa shape index (κ2) is 7.08. The molecule has 10 heteroatoms. The van der Waals surface area contributed by atoms with Crippen LogP contribution in [0, 0.1) is 0 Å². The van der Waals surface area contributed by atoms with Crippen LogP contribution in [0.2, 0.25) is 0 Å². The van der Waals surface area contributed by atoms with Gasteiger partial charge in [0.2, 0.25) is 5.91 Å². The first-order valence-corrected chi connectivity index (χ1v) is 9.99. The van der Waals surface area contributed by atoms with Gasteiger partial charge < -0.3 is 14.5 Å². The van der Waals surface area contributed by atoms with E-state index >= 15 is 0 Å². The molecule has 158 valence electrons. The second-order valence-electron chi connectivity index (χ2n) is 7.69. The van der Waals surface area contributed by atoms with Crippen LogP contribution in [0.25, 0.3) is 22.4 Å². The Morgan fingerprint density at radius 3 is 2.65 bits per heavy atom. The summed E-state index contributed by atoms with van der Waals surface area (Å²) in [5.74, 6) is 0.816. The zero-order chi connectivity index (χ0) is 21.7. The SMILES string of the molecule is Cn1c(=O)c2c(ncn2CC(=O)Nc2ccc(-c3cnc4n3CCC4)cc2)n(C)c1=O. The van der Waals surface area contributed by atoms with Crippen LogP contribution in [0.1, 0.15) is 12.2 Å². The third kappa shape index (κ3) is 3.07. The van der Waals surface area contributed by atoms with Crippen molar-refractivity contribution in [1.29, 1.82) is 0 Å². The molecule has 1 amide bonds. The zero-order valence-corrected chi connectivity index (χ0v) is 17.2. The molecule has 4 aromatic rings. The highest BCUT2D eigenvalue weighted by atomic mass is 16.2. The molecule has 0 radical (unpaired) electrons. The Labute approximate surface area is 176 Å². The molecule has 1 aromatic carbocycles. The lowest BCUT2D eigenvalue weighted by molar-refractivity contribution is -0.116. The first kappa shape index (κ1) is 19.0. The predicted octanol–water partition coefficient (Wildman–Crippen LogP) is 0.882. The minimum Gasteiger partial charge on any atom is -0.328 e. The smallest absolute Gasteiger partial charge is 0.328 e. The van der Waals surface area contributed by atoms with Gasteiger partial charge in [-0.25, -0.2) is 14.8 Å². The number of carbonyl (C=O) groups is 1. The molecule has 1 N–H and O–H groups in total. The summed E-state index contributed by atoms with van der Waals surface area (Å²) in [4.78, 5) is 45.7. The Morgan fingerprint density at radius 1 is 1.10 bits per heavy atom. The lowest BCUT2D eigenvalue weighted by atomic mass is 10.1. The summed E-state index contributed by atoms with van der Waals surface area (Å²) in [5, 5.41) is 2.84. The van der Waals surface area contributed by atoms with Gasteiger partial charge in [-0.1, -0.05) is 12.1 Å². The molecular formula is C21H21N7O3. The normalized spacial score (nSPS) is 13.0. The van der Waals surface area contributed by atoms with Crippen LogP contribution in [0.3, 0.4) is 0 Å². The van der Waals surface area contributed by atoms with Crippen molar-refractivity contribution in [3.05, 3.63) is 63.5 Å². The zero-order valence-electron chi connectivity index (χ0n) is 17.2. The number of imidazole rings is 2. The van der Waals surface area contributed by atoms with E-state index in [0.29, 0.717) is 5.69 Å². The van der Waals surface area contributed by atoms with E-state index in [1.807, 2.05) is 30.5 Å². The highest BCUT2D eigenvalue weighted by Gasteiger charge is 2.18. The quantitative estimate of drug-likeness (QED) is 0.528. The molecule has 1 aliphatic heterocycles. The largest absolute Gasteiger partial charge is 0.332 e. The van der Waals surface area contributed by atoms with Crippen molar-refractivity contribution >= 4 is 22.8 Å². The van der Waals surface area contributed by atoms with Crippen LogP contribution in [-0.2, 0) is 38.4 Å². The van der Waals surface area contributed by atoms with E-state index in [0.717, 1.165) is 41.0 Å². The number of hydrogen-bond acceptors (Lipinski definition) is 5. The number of nitrogens with zero attached hydrogens (tertiary/aromatic N) is 6. The molecule has 0 unspecified atom stereocenters. The van der Waals surface area contributed by atoms with E-state index in [1.165, 1.54) is 22.5 Å². The van der Waals surface area contributed by atoms with Gasteiger partial charge in [0.05, 0.1) is 18.2 Å². The minimum absolute atomic E-state index is 0.0954. The number of rotatable bonds is 4. The van der Waals surface area contributed by atoms with E-state index in [9.17, 15) is 14.4 Å². The summed E-state index contributed by atoms with van der Waals surface area (Å²) in [6.07, 6.45) is 5.41. The van der Waals surface area contributed by atoms with Crippen LogP contribution in [0.15, 0.2) is 46.4 Å². The predicted molar refractivity (Wildman–Crippen MR) is 115 cm³/mol. The summed E-state index contributed by atoms with van der Waals surface area (Å²) in [6.45, 7) is 0.884. The Hall–Kier alpha value is -3.95. The molecule has 31 heavy (non-hydrogen) atoms. The van der Waals surface area contributed by atoms with E-state index < -0.39 is 11.2 Å². The molecule has 0 spiro atoms. The van der Waals surface area contributed by atoms with Crippen LogP contribution >= 0.6 is 0 Å². The maximum Gasteiger partial charge on any atom is 0.332 e. The van der Waals surface area contributed by atoms with Gasteiger partial charge in [0.1, 0.15) is 12.4 Å². The van der Waals surface area contributed by atoms with Crippen molar-refractivity contribution < 1.29 is 4.79 Å². The van der Waals surface area contributed by atoms with Gasteiger partial charge in [-0.3, -0.25) is 18.7 Å². The van der Waals surface area contributed by atoms with Crippen molar-refractivity contribution in [2.75, 3.05) is 5.32 Å². The number of amides is 1. The number of aromatic nitrogens is 6. The first-order valence-electron chi connectivity index (χ1n) is 9.99. The molecule has 5 rings (SSSR count). The van der Waals surface area contributed by atoms with Gasteiger partial charge in [-0.15, -0.1) is 0 Å². The first-order chi connectivity index (χ1) is 14.9. The number of aryl methyl sites for hydroxylation is 2. The Kier molecular flexibility index (Phi) is 4.35. The van der Waals surface area contributed by atoms with Crippen LogP contribution in [0.5, 0.6) is 0 Å². The van der Waals surface area contributed by atoms with Crippen molar-refractivity contribution in [3.63, 3.8) is 0 Å². The number of anilines is 1. The van der Waals surface area contributed by atoms with Crippen LogP contribution in [-0.4, -0.2) is 34.1 Å². The van der Waals surface area contributed by atoms with Crippen LogP contribution < -0.4 is 16.6 Å². The second-order valence-corrected chi connectivity index (χ2v) is 7.69. The van der Waals surface area contributed by atoms with E-state index in [-0.39, 0.29) is 23.6 Å². The highest BCUT2D eigenvalue weighted by Crippen LogP contribution is 2.26. The lowest BCUT2D eigenvalue weighted by Crippen LogP contribution is -2.37. The van der Waals surface area contributed by atoms with Gasteiger partial charge >= 0.3 is 5.69 Å². The average Bonchev–Trinajstić information content (AvgIpc) is 3.47. The monoisotopic (exact) mass is 419 g/mol. The Bertz CT molecular complexity index is 1440. The van der Waals surface area contributed by atoms with E-state index in [2.05, 4.69) is 19.9 Å². The molecule has 10 nitrogen and oxygen atoms in total. The number of fused-ring (bicyclic) bond motifs is 2. The molecule has 1 aliphatic rings. The highest BCUT2D eigenvalue weighted by molar-refractivity contribution is 5.91. The summed E-state index contributed by atoms with van der Waals surface area (Å²) < 4.78 is 5.98. The lowest BCUT2D eigenvalue weighted by Gasteiger charge is -2.09. The van der Waals surface area contributed by atoms with Gasteiger partial charge in [0.25, 0.3) is 5.56 Å². The van der Waals surface area contributed by atoms with Gasteiger partial charge in [0.15, 0.2) is 11.2 Å². The molecule has 0 saturated heterocycles. The van der Waals surface area contributed by atoms with E-state index in [1.54, 1.807) is 7.05 Å². The number of hydrogen-bond donors (Lipinski definition) is 1. The van der Waals surface area contributed by atoms with Gasteiger partial charge in [0, 0.05) is 32.7 Å². The molecular weight excluding hydrogens is 398 g/mol. The van der Waals surface area contributed by atoms with Crippen molar-refractivity contribution in [2.24, 2.45) is 14.1 Å². The Balaban J connectivity index is 1.35. The van der Waals surface area contributed by atoms with Gasteiger partial charge in [-0.2, -0.15) is 0 Å². The minimum atomic E-state index is -0.485. The summed E-state index contributed by atoms with van der Waals surface area (Å²) >= 11 is 0. The van der Waals surface area contributed by atoms with Crippen molar-refractivity contribution in [3.8, 4) is 11.3 Å². The number of nitrogens with one attached hydrogen (secondary N) is 1. The molecule has 0 saturated carbocycles. The standard InChI is InChI=1S/C21H21N7O3/c1-25-19-18(20(30)26(2)21(25)31)27(12-23-19)11-17(29)24-14-7-5-13(6-8-14)15-10-22-16-4-3-9-28(15)16/h5-8,10,12H,3-4,9,11H2,1-2H3,(H,24,29). The third-order valence-corrected chi connectivity index (χ3v) is 5.72. The molecule has 0 bridgehead atoms. The summed E-state index contributed by atoms with van der Waals surface area (Å²) in [6, 6.07) is 7.60. The van der Waals surface area contributed by atoms with Crippen molar-refractivity contribution in [1.82, 2.24) is 28.2 Å². The van der Waals surface area contributed by atoms with E-state index in [4.69, 9.17) is 0 Å². The van der Waals surface area contributed by atoms with Crippen molar-refractivity contribution in [2.45, 2.75) is 25.9 Å². The maximum absolute atomic E-state index is 12.6. The average molecular weight is 419 g/mol.